The number of hydrogen-bond donors (Lipinski definition) is 2. The fourth-order valence-electron chi connectivity index (χ4n) is 3.05. The number of nitrogens with zero attached hydrogens (tertiary/aromatic N) is 5. The molecule has 1 aliphatic carbocycles. The molecule has 1 unspecified atom stereocenters. The summed E-state index contributed by atoms with van der Waals surface area (Å²) in [6.07, 6.45) is 5.49. The molecule has 7 heteroatoms. The van der Waals surface area contributed by atoms with Crippen molar-refractivity contribution in [1.29, 1.82) is 0 Å². The summed E-state index contributed by atoms with van der Waals surface area (Å²) < 4.78 is 0. The number of anilines is 3. The van der Waals surface area contributed by atoms with Crippen LogP contribution in [0.5, 0.6) is 0 Å². The minimum atomic E-state index is 0.572. The van der Waals surface area contributed by atoms with E-state index in [0.29, 0.717) is 12.0 Å². The average Bonchev–Trinajstić information content (AvgIpc) is 3.09. The van der Waals surface area contributed by atoms with E-state index < -0.39 is 0 Å². The highest BCUT2D eigenvalue weighted by Crippen LogP contribution is 2.39. The van der Waals surface area contributed by atoms with Gasteiger partial charge in [0.05, 0.1) is 0 Å². The Balaban J connectivity index is 1.45. The molecule has 0 bridgehead atoms. The summed E-state index contributed by atoms with van der Waals surface area (Å²) in [5, 5.41) is 10.7. The Labute approximate surface area is 136 Å². The molecule has 2 fully saturated rings. The quantitative estimate of drug-likeness (QED) is 0.879. The first-order chi connectivity index (χ1) is 11.2. The number of H-pyrrole nitrogens is 1. The van der Waals surface area contributed by atoms with Crippen LogP contribution < -0.4 is 10.2 Å². The molecule has 0 aromatic carbocycles. The van der Waals surface area contributed by atoms with Crippen molar-refractivity contribution < 1.29 is 0 Å². The Hall–Kier alpha value is -2.15. The highest BCUT2D eigenvalue weighted by molar-refractivity contribution is 5.53. The zero-order valence-electron chi connectivity index (χ0n) is 13.7. The van der Waals surface area contributed by atoms with E-state index in [-0.39, 0.29) is 0 Å². The normalized spacial score (nSPS) is 21.2. The van der Waals surface area contributed by atoms with E-state index in [4.69, 9.17) is 0 Å². The molecule has 0 amide bonds. The molecule has 7 nitrogen and oxygen atoms in total. The maximum atomic E-state index is 4.64. The van der Waals surface area contributed by atoms with E-state index in [2.05, 4.69) is 55.4 Å². The van der Waals surface area contributed by atoms with Gasteiger partial charge in [0.15, 0.2) is 5.82 Å². The van der Waals surface area contributed by atoms with Crippen LogP contribution in [0, 0.1) is 0 Å². The molecule has 1 saturated carbocycles. The lowest BCUT2D eigenvalue weighted by Crippen LogP contribution is -2.32. The van der Waals surface area contributed by atoms with Crippen LogP contribution >= 0.6 is 0 Å². The fraction of sp³-hybridized carbons (Fsp3) is 0.562. The van der Waals surface area contributed by atoms with Crippen molar-refractivity contribution in [2.45, 2.75) is 31.2 Å². The Kier molecular flexibility index (Phi) is 3.65. The van der Waals surface area contributed by atoms with Gasteiger partial charge in [-0.1, -0.05) is 0 Å². The van der Waals surface area contributed by atoms with Crippen molar-refractivity contribution in [1.82, 2.24) is 25.1 Å². The van der Waals surface area contributed by atoms with Gasteiger partial charge >= 0.3 is 0 Å². The second-order valence-electron chi connectivity index (χ2n) is 6.70. The summed E-state index contributed by atoms with van der Waals surface area (Å²) in [6.45, 7) is 1.98. The third-order valence-electron chi connectivity index (χ3n) is 4.69. The summed E-state index contributed by atoms with van der Waals surface area (Å²) in [6, 6.07) is 4.54. The number of hydrogen-bond acceptors (Lipinski definition) is 6. The van der Waals surface area contributed by atoms with Crippen LogP contribution in [-0.4, -0.2) is 58.3 Å². The zero-order valence-corrected chi connectivity index (χ0v) is 13.7. The van der Waals surface area contributed by atoms with Gasteiger partial charge in [0.1, 0.15) is 5.82 Å². The molecule has 1 aliphatic heterocycles. The van der Waals surface area contributed by atoms with Gasteiger partial charge in [-0.2, -0.15) is 10.1 Å². The van der Waals surface area contributed by atoms with Gasteiger partial charge in [0.2, 0.25) is 5.95 Å². The zero-order chi connectivity index (χ0) is 15.8. The molecule has 23 heavy (non-hydrogen) atoms. The molecule has 2 aromatic heterocycles. The van der Waals surface area contributed by atoms with Gasteiger partial charge in [0.25, 0.3) is 0 Å². The molecular formula is C16H23N7. The molecule has 0 spiro atoms. The van der Waals surface area contributed by atoms with Gasteiger partial charge in [-0.3, -0.25) is 5.10 Å². The van der Waals surface area contributed by atoms with Crippen molar-refractivity contribution >= 4 is 17.6 Å². The van der Waals surface area contributed by atoms with E-state index in [1.807, 2.05) is 12.3 Å². The minimum Gasteiger partial charge on any atom is -0.339 e. The first-order valence-corrected chi connectivity index (χ1v) is 8.26. The van der Waals surface area contributed by atoms with Crippen LogP contribution in [0.1, 0.15) is 30.9 Å². The summed E-state index contributed by atoms with van der Waals surface area (Å²) in [7, 11) is 4.25. The second kappa shape index (κ2) is 5.81. The molecule has 2 N–H and O–H groups in total. The molecule has 4 rings (SSSR count). The fourth-order valence-corrected chi connectivity index (χ4v) is 3.05. The molecule has 3 heterocycles. The van der Waals surface area contributed by atoms with E-state index in [1.54, 1.807) is 0 Å². The molecular weight excluding hydrogens is 290 g/mol. The highest BCUT2D eigenvalue weighted by atomic mass is 15.3. The van der Waals surface area contributed by atoms with E-state index in [9.17, 15) is 0 Å². The second-order valence-corrected chi connectivity index (χ2v) is 6.70. The Morgan fingerprint density at radius 1 is 1.26 bits per heavy atom. The van der Waals surface area contributed by atoms with Gasteiger partial charge in [-0.05, 0) is 39.4 Å². The van der Waals surface area contributed by atoms with Gasteiger partial charge < -0.3 is 15.1 Å². The maximum Gasteiger partial charge on any atom is 0.227 e. The average molecular weight is 313 g/mol. The lowest BCUT2D eigenvalue weighted by atomic mass is 10.2. The monoisotopic (exact) mass is 313 g/mol. The van der Waals surface area contributed by atoms with Crippen molar-refractivity contribution in [2.24, 2.45) is 0 Å². The molecule has 2 aromatic rings. The number of aromatic amines is 1. The molecule has 2 aliphatic rings. The van der Waals surface area contributed by atoms with Crippen molar-refractivity contribution in [3.05, 3.63) is 24.0 Å². The largest absolute Gasteiger partial charge is 0.339 e. The lowest BCUT2D eigenvalue weighted by molar-refractivity contribution is 0.315. The third kappa shape index (κ3) is 3.14. The first kappa shape index (κ1) is 14.4. The van der Waals surface area contributed by atoms with E-state index in [0.717, 1.165) is 37.1 Å². The Morgan fingerprint density at radius 3 is 2.87 bits per heavy atom. The number of nitrogens with one attached hydrogen (secondary N) is 2. The standard InChI is InChI=1S/C16H23N7/c1-22(2)12-6-8-23(10-12)16-17-7-5-14(19-16)18-15-9-13(20-21-15)11-3-4-11/h5,7,9,11-12H,3-4,6,8,10H2,1-2H3,(H2,17,18,19,20,21). The SMILES string of the molecule is CN(C)C1CCN(c2nccc(Nc3cc(C4CC4)[nH]n3)n2)C1. The summed E-state index contributed by atoms with van der Waals surface area (Å²) in [4.78, 5) is 13.6. The Bertz CT molecular complexity index is 677. The summed E-state index contributed by atoms with van der Waals surface area (Å²) >= 11 is 0. The van der Waals surface area contributed by atoms with Crippen LogP contribution in [0.3, 0.4) is 0 Å². The topological polar surface area (TPSA) is 73.0 Å². The molecule has 122 valence electrons. The van der Waals surface area contributed by atoms with Crippen LogP contribution in [0.2, 0.25) is 0 Å². The third-order valence-corrected chi connectivity index (χ3v) is 4.69. The van der Waals surface area contributed by atoms with E-state index >= 15 is 0 Å². The maximum absolute atomic E-state index is 4.64. The van der Waals surface area contributed by atoms with Crippen molar-refractivity contribution in [3.8, 4) is 0 Å². The smallest absolute Gasteiger partial charge is 0.227 e. The molecule has 1 saturated heterocycles. The predicted octanol–water partition coefficient (Wildman–Crippen LogP) is 1.96. The molecule has 0 radical (unpaired) electrons. The van der Waals surface area contributed by atoms with Crippen LogP contribution in [0.4, 0.5) is 17.6 Å². The number of rotatable bonds is 5. The van der Waals surface area contributed by atoms with Gasteiger partial charge in [-0.15, -0.1) is 0 Å². The predicted molar refractivity (Wildman–Crippen MR) is 90.2 cm³/mol. The summed E-state index contributed by atoms with van der Waals surface area (Å²) in [5.41, 5.74) is 1.22. The first-order valence-electron chi connectivity index (χ1n) is 8.26. The minimum absolute atomic E-state index is 0.572. The Morgan fingerprint density at radius 2 is 2.13 bits per heavy atom. The van der Waals surface area contributed by atoms with Crippen molar-refractivity contribution in [2.75, 3.05) is 37.4 Å². The molecule has 1 atom stereocenters. The van der Waals surface area contributed by atoms with Gasteiger partial charge in [0, 0.05) is 43.0 Å². The summed E-state index contributed by atoms with van der Waals surface area (Å²) in [5.74, 6) is 3.07. The van der Waals surface area contributed by atoms with Gasteiger partial charge in [-0.25, -0.2) is 4.98 Å². The van der Waals surface area contributed by atoms with Crippen LogP contribution in [0.25, 0.3) is 0 Å². The van der Waals surface area contributed by atoms with E-state index in [1.165, 1.54) is 18.5 Å². The number of likely N-dealkylation sites (N-methyl/N-ethyl adjacent to an activating group) is 1. The lowest BCUT2D eigenvalue weighted by Gasteiger charge is -2.20. The van der Waals surface area contributed by atoms with Crippen LogP contribution in [-0.2, 0) is 0 Å². The highest BCUT2D eigenvalue weighted by Gasteiger charge is 2.26. The van der Waals surface area contributed by atoms with Crippen LogP contribution in [0.15, 0.2) is 18.3 Å². The number of aromatic nitrogens is 4. The van der Waals surface area contributed by atoms with Crippen molar-refractivity contribution in [3.63, 3.8) is 0 Å².